The smallest absolute Gasteiger partial charge is 0.402 e. The lowest BCUT2D eigenvalue weighted by molar-refractivity contribution is 0.410. The molecule has 0 bridgehead atoms. The van der Waals surface area contributed by atoms with Crippen molar-refractivity contribution in [1.82, 2.24) is 0 Å². The zero-order valence-electron chi connectivity index (χ0n) is 11.4. The Balaban J connectivity index is 2.11. The predicted octanol–water partition coefficient (Wildman–Crippen LogP) is 4.40. The molecule has 0 unspecified atom stereocenters. The van der Waals surface area contributed by atoms with Gasteiger partial charge in [-0.05, 0) is 42.5 Å². The number of fused-ring (bicyclic) bond motifs is 1. The van der Waals surface area contributed by atoms with Gasteiger partial charge in [0, 0.05) is 6.07 Å². The molecule has 20 heavy (non-hydrogen) atoms. The molecular formula is C17H15O3+. The van der Waals surface area contributed by atoms with Gasteiger partial charge in [-0.1, -0.05) is 6.07 Å². The van der Waals surface area contributed by atoms with E-state index in [1.165, 1.54) is 0 Å². The van der Waals surface area contributed by atoms with E-state index in [9.17, 15) is 0 Å². The third-order valence-corrected chi connectivity index (χ3v) is 3.23. The molecule has 0 radical (unpaired) electrons. The summed E-state index contributed by atoms with van der Waals surface area (Å²) in [5, 5.41) is 1.02. The summed E-state index contributed by atoms with van der Waals surface area (Å²) in [6.45, 7) is 0. The van der Waals surface area contributed by atoms with Gasteiger partial charge in [0.1, 0.15) is 5.75 Å². The molecule has 0 aliphatic rings. The molecule has 2 aromatic carbocycles. The lowest BCUT2D eigenvalue weighted by Gasteiger charge is -2.00. The highest BCUT2D eigenvalue weighted by Crippen LogP contribution is 2.30. The molecule has 0 saturated heterocycles. The van der Waals surface area contributed by atoms with Crippen molar-refractivity contribution in [2.45, 2.75) is 0 Å². The van der Waals surface area contributed by atoms with Gasteiger partial charge in [0.15, 0.2) is 0 Å². The molecule has 3 nitrogen and oxygen atoms in total. The number of methoxy groups -OCH3 is 2. The third-order valence-electron chi connectivity index (χ3n) is 3.23. The van der Waals surface area contributed by atoms with E-state index in [1.807, 2.05) is 54.6 Å². The molecule has 3 heteroatoms. The standard InChI is InChI=1S/C17H15O3/c1-18-14-9-6-12(7-10-14)15-11-8-13-4-3-5-16(19-2)17(13)20-15/h3-11H,1-2H3/q+1. The summed E-state index contributed by atoms with van der Waals surface area (Å²) in [5.41, 5.74) is 1.75. The van der Waals surface area contributed by atoms with Crippen LogP contribution in [0.25, 0.3) is 22.3 Å². The largest absolute Gasteiger partial charge is 0.497 e. The number of benzene rings is 2. The van der Waals surface area contributed by atoms with Gasteiger partial charge in [0.05, 0.1) is 25.2 Å². The van der Waals surface area contributed by atoms with Crippen LogP contribution in [0.2, 0.25) is 0 Å². The highest BCUT2D eigenvalue weighted by Gasteiger charge is 2.18. The Morgan fingerprint density at radius 3 is 2.30 bits per heavy atom. The van der Waals surface area contributed by atoms with Crippen LogP contribution in [0.4, 0.5) is 0 Å². The fourth-order valence-electron chi connectivity index (χ4n) is 2.15. The summed E-state index contributed by atoms with van der Waals surface area (Å²) >= 11 is 0. The van der Waals surface area contributed by atoms with Crippen LogP contribution in [0.15, 0.2) is 59.0 Å². The Bertz CT molecular complexity index is 733. The van der Waals surface area contributed by atoms with E-state index in [-0.39, 0.29) is 0 Å². The first-order chi connectivity index (χ1) is 9.81. The van der Waals surface area contributed by atoms with Crippen LogP contribution >= 0.6 is 0 Å². The van der Waals surface area contributed by atoms with Crippen LogP contribution in [0.1, 0.15) is 0 Å². The molecule has 1 aromatic heterocycles. The van der Waals surface area contributed by atoms with Crippen molar-refractivity contribution in [3.05, 3.63) is 54.6 Å². The van der Waals surface area contributed by atoms with Crippen LogP contribution in [0.3, 0.4) is 0 Å². The summed E-state index contributed by atoms with van der Waals surface area (Å²) in [6.07, 6.45) is 0. The normalized spacial score (nSPS) is 10.5. The summed E-state index contributed by atoms with van der Waals surface area (Å²) < 4.78 is 16.5. The Hall–Kier alpha value is -2.55. The van der Waals surface area contributed by atoms with E-state index >= 15 is 0 Å². The maximum Gasteiger partial charge on any atom is 0.402 e. The third kappa shape index (κ3) is 2.18. The lowest BCUT2D eigenvalue weighted by Crippen LogP contribution is -1.86. The topological polar surface area (TPSA) is 29.8 Å². The number of hydrogen-bond donors (Lipinski definition) is 0. The van der Waals surface area contributed by atoms with E-state index in [1.54, 1.807) is 14.2 Å². The van der Waals surface area contributed by atoms with Crippen LogP contribution in [-0.4, -0.2) is 14.2 Å². The molecule has 0 N–H and O–H groups in total. The van der Waals surface area contributed by atoms with E-state index in [0.717, 1.165) is 33.8 Å². The predicted molar refractivity (Wildman–Crippen MR) is 79.2 cm³/mol. The molecule has 0 spiro atoms. The Morgan fingerprint density at radius 1 is 0.800 bits per heavy atom. The van der Waals surface area contributed by atoms with Crippen molar-refractivity contribution in [3.63, 3.8) is 0 Å². The van der Waals surface area contributed by atoms with Gasteiger partial charge in [-0.25, -0.2) is 4.42 Å². The van der Waals surface area contributed by atoms with Gasteiger partial charge in [-0.15, -0.1) is 0 Å². The average molecular weight is 267 g/mol. The molecule has 1 heterocycles. The first kappa shape index (κ1) is 12.5. The van der Waals surface area contributed by atoms with E-state index in [4.69, 9.17) is 13.9 Å². The fourth-order valence-corrected chi connectivity index (χ4v) is 2.15. The fraction of sp³-hybridized carbons (Fsp3) is 0.118. The monoisotopic (exact) mass is 267 g/mol. The zero-order chi connectivity index (χ0) is 13.9. The number of ether oxygens (including phenoxy) is 2. The van der Waals surface area contributed by atoms with Gasteiger partial charge >= 0.3 is 11.3 Å². The molecule has 0 amide bonds. The minimum absolute atomic E-state index is 0.734. The highest BCUT2D eigenvalue weighted by atomic mass is 16.5. The van der Waals surface area contributed by atoms with Gasteiger partial charge < -0.3 is 9.47 Å². The van der Waals surface area contributed by atoms with Crippen molar-refractivity contribution in [3.8, 4) is 22.8 Å². The summed E-state index contributed by atoms with van der Waals surface area (Å²) in [4.78, 5) is 0. The van der Waals surface area contributed by atoms with Crippen molar-refractivity contribution >= 4 is 11.0 Å². The van der Waals surface area contributed by atoms with Crippen molar-refractivity contribution < 1.29 is 13.9 Å². The quantitative estimate of drug-likeness (QED) is 0.659. The molecule has 3 rings (SSSR count). The van der Waals surface area contributed by atoms with Crippen molar-refractivity contribution in [2.75, 3.05) is 14.2 Å². The molecule has 0 aliphatic heterocycles. The second-order valence-corrected chi connectivity index (χ2v) is 4.41. The number of hydrogen-bond acceptors (Lipinski definition) is 2. The minimum Gasteiger partial charge on any atom is -0.497 e. The average Bonchev–Trinajstić information content (AvgIpc) is 2.54. The summed E-state index contributed by atoms with van der Waals surface area (Å²) in [5.74, 6) is 2.36. The van der Waals surface area contributed by atoms with Crippen molar-refractivity contribution in [1.29, 1.82) is 0 Å². The first-order valence-corrected chi connectivity index (χ1v) is 6.36. The van der Waals surface area contributed by atoms with E-state index in [2.05, 4.69) is 0 Å². The Morgan fingerprint density at radius 2 is 1.60 bits per heavy atom. The minimum atomic E-state index is 0.734. The number of para-hydroxylation sites is 1. The lowest BCUT2D eigenvalue weighted by atomic mass is 10.1. The molecule has 0 fully saturated rings. The summed E-state index contributed by atoms with van der Waals surface area (Å²) in [7, 11) is 3.30. The first-order valence-electron chi connectivity index (χ1n) is 6.36. The van der Waals surface area contributed by atoms with E-state index < -0.39 is 0 Å². The van der Waals surface area contributed by atoms with Crippen LogP contribution in [-0.2, 0) is 0 Å². The second-order valence-electron chi connectivity index (χ2n) is 4.41. The SMILES string of the molecule is COc1ccc(-c2ccc3cccc(OC)c3[o+]2)cc1. The van der Waals surface area contributed by atoms with Crippen LogP contribution < -0.4 is 9.47 Å². The maximum atomic E-state index is 5.98. The van der Waals surface area contributed by atoms with Crippen molar-refractivity contribution in [2.24, 2.45) is 0 Å². The second kappa shape index (κ2) is 5.21. The number of rotatable bonds is 3. The molecule has 0 atom stereocenters. The van der Waals surface area contributed by atoms with Crippen LogP contribution in [0.5, 0.6) is 11.5 Å². The van der Waals surface area contributed by atoms with Gasteiger partial charge in [-0.3, -0.25) is 0 Å². The van der Waals surface area contributed by atoms with E-state index in [0.29, 0.717) is 0 Å². The van der Waals surface area contributed by atoms with Crippen LogP contribution in [0, 0.1) is 0 Å². The molecular weight excluding hydrogens is 252 g/mol. The summed E-state index contributed by atoms with van der Waals surface area (Å²) in [6, 6.07) is 17.6. The molecule has 3 aromatic rings. The van der Waals surface area contributed by atoms with Gasteiger partial charge in [0.2, 0.25) is 5.75 Å². The Labute approximate surface area is 117 Å². The molecule has 0 aliphatic carbocycles. The molecule has 100 valence electrons. The zero-order valence-corrected chi connectivity index (χ0v) is 11.4. The van der Waals surface area contributed by atoms with Gasteiger partial charge in [-0.2, -0.15) is 0 Å². The maximum absolute atomic E-state index is 5.98. The highest BCUT2D eigenvalue weighted by molar-refractivity contribution is 5.84. The molecule has 0 saturated carbocycles. The Kier molecular flexibility index (Phi) is 3.25. The van der Waals surface area contributed by atoms with Gasteiger partial charge in [0.25, 0.3) is 0 Å².